The van der Waals surface area contributed by atoms with Gasteiger partial charge in [-0.3, -0.25) is 4.79 Å². The first-order valence-electron chi connectivity index (χ1n) is 8.82. The summed E-state index contributed by atoms with van der Waals surface area (Å²) >= 11 is 0. The van der Waals surface area contributed by atoms with E-state index < -0.39 is 18.9 Å². The number of carbonyl (C=O) groups excluding carboxylic acids is 1. The van der Waals surface area contributed by atoms with Gasteiger partial charge in [0, 0.05) is 24.3 Å². The Hall–Kier alpha value is -2.64. The molecule has 2 N–H and O–H groups in total. The van der Waals surface area contributed by atoms with Crippen LogP contribution in [0.5, 0.6) is 5.75 Å². The lowest BCUT2D eigenvalue weighted by Crippen LogP contribution is -2.35. The molecule has 0 amide bonds. The van der Waals surface area contributed by atoms with Crippen molar-refractivity contribution in [3.05, 3.63) is 64.7 Å². The summed E-state index contributed by atoms with van der Waals surface area (Å²) in [6.45, 7) is 0.738. The summed E-state index contributed by atoms with van der Waals surface area (Å²) in [7, 11) is 2.71. The molecular weight excluding hydrogens is 345 g/mol. The molecule has 140 valence electrons. The summed E-state index contributed by atoms with van der Waals surface area (Å²) in [5, 5.41) is 19.6. The second-order valence-electron chi connectivity index (χ2n) is 7.14. The summed E-state index contributed by atoms with van der Waals surface area (Å²) in [5.74, 6) is -1.41. The van der Waals surface area contributed by atoms with Crippen molar-refractivity contribution < 1.29 is 24.4 Å². The van der Waals surface area contributed by atoms with Crippen LogP contribution in [-0.4, -0.2) is 48.0 Å². The molecule has 0 fully saturated rings. The van der Waals surface area contributed by atoms with Gasteiger partial charge in [-0.05, 0) is 43.8 Å². The first-order chi connectivity index (χ1) is 12.8. The fourth-order valence-electron chi connectivity index (χ4n) is 3.39. The molecule has 1 atom stereocenters. The van der Waals surface area contributed by atoms with E-state index in [4.69, 9.17) is 4.65 Å². The predicted molar refractivity (Wildman–Crippen MR) is 102 cm³/mol. The van der Waals surface area contributed by atoms with E-state index in [1.54, 1.807) is 18.2 Å². The van der Waals surface area contributed by atoms with Crippen molar-refractivity contribution in [2.75, 3.05) is 14.1 Å². The van der Waals surface area contributed by atoms with Crippen molar-refractivity contribution >= 4 is 18.9 Å². The number of ketones is 1. The zero-order valence-electron chi connectivity index (χ0n) is 15.4. The first kappa shape index (κ1) is 19.1. The Morgan fingerprint density at radius 3 is 2.67 bits per heavy atom. The number of hydrogen-bond acceptors (Lipinski definition) is 5. The van der Waals surface area contributed by atoms with Gasteiger partial charge in [-0.1, -0.05) is 30.3 Å². The summed E-state index contributed by atoms with van der Waals surface area (Å²) in [5.41, 5.74) is 2.36. The lowest BCUT2D eigenvalue weighted by Gasteiger charge is -2.28. The molecule has 6 nitrogen and oxygen atoms in total. The van der Waals surface area contributed by atoms with Crippen LogP contribution >= 0.6 is 0 Å². The van der Waals surface area contributed by atoms with Gasteiger partial charge < -0.3 is 19.7 Å². The van der Waals surface area contributed by atoms with Gasteiger partial charge in [0.2, 0.25) is 0 Å². The van der Waals surface area contributed by atoms with E-state index in [1.165, 1.54) is 6.07 Å². The average Bonchev–Trinajstić information content (AvgIpc) is 2.61. The normalized spacial score (nSPS) is 16.0. The molecule has 0 saturated carbocycles. The summed E-state index contributed by atoms with van der Waals surface area (Å²) in [4.78, 5) is 26.0. The number of carbonyl (C=O) groups is 2. The van der Waals surface area contributed by atoms with Crippen molar-refractivity contribution in [2.45, 2.75) is 25.2 Å². The topological polar surface area (TPSA) is 87.1 Å². The van der Waals surface area contributed by atoms with Crippen molar-refractivity contribution in [1.29, 1.82) is 0 Å². The number of benzene rings is 2. The SMILES string of the molecule is CN(C)Cc1cccc(C(=O)C[C@H]2Cc3cccc(C(=O)O)c3OB2O)c1. The van der Waals surface area contributed by atoms with Crippen LogP contribution in [-0.2, 0) is 13.0 Å². The third-order valence-corrected chi connectivity index (χ3v) is 4.65. The second-order valence-corrected chi connectivity index (χ2v) is 7.14. The first-order valence-corrected chi connectivity index (χ1v) is 8.82. The van der Waals surface area contributed by atoms with Gasteiger partial charge in [-0.25, -0.2) is 4.79 Å². The lowest BCUT2D eigenvalue weighted by atomic mass is 9.64. The Kier molecular flexibility index (Phi) is 5.63. The summed E-state index contributed by atoms with van der Waals surface area (Å²) in [6.07, 6.45) is 0.518. The highest BCUT2D eigenvalue weighted by molar-refractivity contribution is 6.47. The number of hydrogen-bond donors (Lipinski definition) is 2. The van der Waals surface area contributed by atoms with E-state index >= 15 is 0 Å². The highest BCUT2D eigenvalue weighted by Crippen LogP contribution is 2.36. The Morgan fingerprint density at radius 1 is 1.22 bits per heavy atom. The summed E-state index contributed by atoms with van der Waals surface area (Å²) < 4.78 is 5.47. The Labute approximate surface area is 158 Å². The van der Waals surface area contributed by atoms with Crippen LogP contribution in [0, 0.1) is 0 Å². The van der Waals surface area contributed by atoms with Crippen LogP contribution in [0.3, 0.4) is 0 Å². The van der Waals surface area contributed by atoms with Crippen LogP contribution in [0.4, 0.5) is 0 Å². The van der Waals surface area contributed by atoms with Gasteiger partial charge in [-0.15, -0.1) is 0 Å². The van der Waals surface area contributed by atoms with E-state index in [2.05, 4.69) is 0 Å². The molecular formula is C20H22BNO5. The third-order valence-electron chi connectivity index (χ3n) is 4.65. The van der Waals surface area contributed by atoms with Gasteiger partial charge in [0.15, 0.2) is 5.78 Å². The van der Waals surface area contributed by atoms with E-state index in [0.717, 1.165) is 12.1 Å². The van der Waals surface area contributed by atoms with Gasteiger partial charge >= 0.3 is 13.1 Å². The molecule has 7 heteroatoms. The minimum absolute atomic E-state index is 0.0210. The van der Waals surface area contributed by atoms with E-state index in [9.17, 15) is 19.7 Å². The number of fused-ring (bicyclic) bond motifs is 1. The molecule has 0 radical (unpaired) electrons. The molecule has 0 saturated heterocycles. The third kappa shape index (κ3) is 4.38. The minimum Gasteiger partial charge on any atom is -0.535 e. The summed E-state index contributed by atoms with van der Waals surface area (Å²) in [6, 6.07) is 12.3. The highest BCUT2D eigenvalue weighted by Gasteiger charge is 2.37. The standard InChI is InChI=1S/C20H22BNO5/c1-22(2)12-13-5-3-6-14(9-13)18(23)11-16-10-15-7-4-8-17(20(24)25)19(15)27-21(16)26/h3-9,16,26H,10-12H2,1-2H3,(H,24,25)/t16-/m1/s1. The molecule has 2 aromatic rings. The maximum absolute atomic E-state index is 12.7. The van der Waals surface area contributed by atoms with E-state index in [0.29, 0.717) is 17.5 Å². The Balaban J connectivity index is 1.76. The van der Waals surface area contributed by atoms with Gasteiger partial charge in [-0.2, -0.15) is 0 Å². The molecule has 0 aliphatic carbocycles. The largest absolute Gasteiger partial charge is 0.535 e. The number of carboxylic acid groups (broad SMARTS) is 1. The highest BCUT2D eigenvalue weighted by atomic mass is 16.5. The maximum atomic E-state index is 12.7. The fourth-order valence-corrected chi connectivity index (χ4v) is 3.39. The van der Waals surface area contributed by atoms with Crippen molar-refractivity contribution in [1.82, 2.24) is 4.90 Å². The number of rotatable bonds is 6. The molecule has 2 aromatic carbocycles. The van der Waals surface area contributed by atoms with Crippen LogP contribution in [0.1, 0.15) is 38.3 Å². The average molecular weight is 367 g/mol. The monoisotopic (exact) mass is 367 g/mol. The minimum atomic E-state index is -1.22. The molecule has 27 heavy (non-hydrogen) atoms. The fraction of sp³-hybridized carbons (Fsp3) is 0.300. The van der Waals surface area contributed by atoms with Gasteiger partial charge in [0.05, 0.1) is 5.56 Å². The molecule has 1 aliphatic rings. The zero-order chi connectivity index (χ0) is 19.6. The molecule has 0 bridgehead atoms. The van der Waals surface area contributed by atoms with Gasteiger partial charge in [0.25, 0.3) is 0 Å². The molecule has 3 rings (SSSR count). The zero-order valence-corrected chi connectivity index (χ0v) is 15.4. The van der Waals surface area contributed by atoms with Crippen molar-refractivity contribution in [3.8, 4) is 5.75 Å². The van der Waals surface area contributed by atoms with Crippen LogP contribution in [0.25, 0.3) is 0 Å². The molecule has 1 heterocycles. The van der Waals surface area contributed by atoms with Crippen LogP contribution < -0.4 is 4.65 Å². The van der Waals surface area contributed by atoms with Gasteiger partial charge in [0.1, 0.15) is 5.75 Å². The molecule has 1 aliphatic heterocycles. The van der Waals surface area contributed by atoms with Crippen LogP contribution in [0.15, 0.2) is 42.5 Å². The number of para-hydroxylation sites is 1. The second kappa shape index (κ2) is 7.94. The Bertz CT molecular complexity index is 867. The number of Topliss-reactive ketones (excluding diaryl/α,β-unsaturated/α-hetero) is 1. The number of aromatic carboxylic acids is 1. The molecule has 0 aromatic heterocycles. The molecule has 0 spiro atoms. The van der Waals surface area contributed by atoms with Crippen molar-refractivity contribution in [3.63, 3.8) is 0 Å². The maximum Gasteiger partial charge on any atom is 0.526 e. The van der Waals surface area contributed by atoms with Crippen molar-refractivity contribution in [2.24, 2.45) is 0 Å². The lowest BCUT2D eigenvalue weighted by molar-refractivity contribution is 0.0693. The van der Waals surface area contributed by atoms with E-state index in [1.807, 2.05) is 37.2 Å². The predicted octanol–water partition coefficient (Wildman–Crippen LogP) is 2.50. The quantitative estimate of drug-likeness (QED) is 0.603. The molecule has 0 unspecified atom stereocenters. The van der Waals surface area contributed by atoms with E-state index in [-0.39, 0.29) is 23.5 Å². The number of nitrogens with zero attached hydrogens (tertiary/aromatic N) is 1. The Morgan fingerprint density at radius 2 is 1.96 bits per heavy atom. The smallest absolute Gasteiger partial charge is 0.526 e. The number of carboxylic acids is 1. The van der Waals surface area contributed by atoms with Crippen LogP contribution in [0.2, 0.25) is 5.82 Å².